The molecule has 2 aliphatic rings. The van der Waals surface area contributed by atoms with Gasteiger partial charge in [-0.25, -0.2) is 0 Å². The number of fused-ring (bicyclic) bond motifs is 8. The highest BCUT2D eigenvalue weighted by Crippen LogP contribution is 2.58. The normalized spacial score (nSPS) is 18.4. The summed E-state index contributed by atoms with van der Waals surface area (Å²) < 4.78 is 53.9. The smallest absolute Gasteiger partial charge is 0.416 e. The number of hydrogen-bond donors (Lipinski definition) is 0. The van der Waals surface area contributed by atoms with Gasteiger partial charge in [0.2, 0.25) is 0 Å². The number of hydrogen-bond acceptors (Lipinski definition) is 2. The molecule has 1 atom stereocenters. The monoisotopic (exact) mass is 548 g/mol. The summed E-state index contributed by atoms with van der Waals surface area (Å²) in [6, 6.07) is 30.1. The van der Waals surface area contributed by atoms with Crippen molar-refractivity contribution >= 4 is 16.8 Å². The van der Waals surface area contributed by atoms with Crippen LogP contribution in [0.15, 0.2) is 103 Å². The molecule has 1 heterocycles. The molecule has 0 saturated carbocycles. The van der Waals surface area contributed by atoms with Gasteiger partial charge in [0.05, 0.1) is 12.7 Å². The summed E-state index contributed by atoms with van der Waals surface area (Å²) in [7, 11) is 1.64. The molecule has 1 aliphatic heterocycles. The number of halogens is 3. The quantitative estimate of drug-likeness (QED) is 0.224. The molecule has 5 aromatic carbocycles. The van der Waals surface area contributed by atoms with E-state index in [9.17, 15) is 13.2 Å². The van der Waals surface area contributed by atoms with E-state index < -0.39 is 22.8 Å². The molecule has 0 bridgehead atoms. The van der Waals surface area contributed by atoms with E-state index in [4.69, 9.17) is 9.47 Å². The molecule has 0 fully saturated rings. The first-order chi connectivity index (χ1) is 19.6. The molecule has 0 saturated heterocycles. The summed E-state index contributed by atoms with van der Waals surface area (Å²) in [5.41, 5.74) is 4.02. The molecular formula is C36H27F3O2. The molecule has 0 aromatic heterocycles. The Morgan fingerprint density at radius 3 is 2.10 bits per heavy atom. The molecule has 5 heteroatoms. The minimum absolute atomic E-state index is 0.635. The minimum atomic E-state index is -4.42. The van der Waals surface area contributed by atoms with E-state index in [1.807, 2.05) is 92.7 Å². The summed E-state index contributed by atoms with van der Waals surface area (Å²) in [4.78, 5) is 0. The third-order valence-electron chi connectivity index (χ3n) is 8.59. The van der Waals surface area contributed by atoms with Gasteiger partial charge in [0.25, 0.3) is 0 Å². The fraction of sp³-hybridized carbons (Fsp3) is 0.167. The minimum Gasteiger partial charge on any atom is -0.497 e. The Balaban J connectivity index is 1.52. The summed E-state index contributed by atoms with van der Waals surface area (Å²) >= 11 is 0. The van der Waals surface area contributed by atoms with Crippen molar-refractivity contribution < 1.29 is 22.6 Å². The van der Waals surface area contributed by atoms with Crippen LogP contribution in [0, 0.1) is 0 Å². The summed E-state index contributed by atoms with van der Waals surface area (Å²) in [5.74, 6) is 1.47. The van der Waals surface area contributed by atoms with Crippen molar-refractivity contribution in [2.75, 3.05) is 7.11 Å². The SMILES string of the molecule is COc1ccc(C2(c3ccccc3)C=Cc3c4c(c5ccccc5c3O2)-c2ccc(C(F)(F)F)cc2C4(C)C)cc1. The Kier molecular flexibility index (Phi) is 5.43. The van der Waals surface area contributed by atoms with Gasteiger partial charge < -0.3 is 9.47 Å². The molecule has 0 radical (unpaired) electrons. The zero-order valence-corrected chi connectivity index (χ0v) is 22.8. The molecule has 41 heavy (non-hydrogen) atoms. The average Bonchev–Trinajstić information content (AvgIpc) is 3.23. The van der Waals surface area contributed by atoms with E-state index in [1.165, 1.54) is 12.1 Å². The lowest BCUT2D eigenvalue weighted by atomic mass is 9.76. The van der Waals surface area contributed by atoms with Crippen LogP contribution in [-0.4, -0.2) is 7.11 Å². The largest absolute Gasteiger partial charge is 0.497 e. The first kappa shape index (κ1) is 25.5. The van der Waals surface area contributed by atoms with Gasteiger partial charge in [-0.05, 0) is 58.0 Å². The third-order valence-corrected chi connectivity index (χ3v) is 8.59. The fourth-order valence-electron chi connectivity index (χ4n) is 6.61. The fourth-order valence-corrected chi connectivity index (χ4v) is 6.61. The standard InChI is InChI=1S/C36H27F3O2/c1-34(2)30-21-24(36(37,38)39)15-18-28(30)31-26-11-7-8-12-27(26)33-29(32(31)34)19-20-35(41-33,22-9-5-4-6-10-22)23-13-16-25(40-3)17-14-23/h4-21H,1-3H3. The molecule has 2 nitrogen and oxygen atoms in total. The van der Waals surface area contributed by atoms with Gasteiger partial charge in [0.1, 0.15) is 11.5 Å². The van der Waals surface area contributed by atoms with E-state index in [0.29, 0.717) is 5.56 Å². The van der Waals surface area contributed by atoms with Gasteiger partial charge in [-0.15, -0.1) is 0 Å². The van der Waals surface area contributed by atoms with E-state index in [-0.39, 0.29) is 0 Å². The second-order valence-corrected chi connectivity index (χ2v) is 11.2. The second-order valence-electron chi connectivity index (χ2n) is 11.2. The maximum Gasteiger partial charge on any atom is 0.416 e. The zero-order chi connectivity index (χ0) is 28.6. The van der Waals surface area contributed by atoms with Gasteiger partial charge in [-0.1, -0.05) is 92.7 Å². The van der Waals surface area contributed by atoms with E-state index in [2.05, 4.69) is 12.2 Å². The molecule has 5 aromatic rings. The van der Waals surface area contributed by atoms with Crippen LogP contribution in [0.4, 0.5) is 13.2 Å². The first-order valence-corrected chi connectivity index (χ1v) is 13.5. The highest BCUT2D eigenvalue weighted by Gasteiger charge is 2.45. The van der Waals surface area contributed by atoms with Gasteiger partial charge in [0.15, 0.2) is 5.60 Å². The van der Waals surface area contributed by atoms with E-state index in [1.54, 1.807) is 13.2 Å². The Bertz CT molecular complexity index is 1850. The van der Waals surface area contributed by atoms with Crippen molar-refractivity contribution in [3.8, 4) is 22.6 Å². The Morgan fingerprint density at radius 2 is 1.41 bits per heavy atom. The van der Waals surface area contributed by atoms with Crippen LogP contribution < -0.4 is 9.47 Å². The van der Waals surface area contributed by atoms with E-state index in [0.717, 1.165) is 55.7 Å². The van der Waals surface area contributed by atoms with Crippen LogP contribution in [0.25, 0.3) is 28.0 Å². The average molecular weight is 549 g/mol. The predicted molar refractivity (Wildman–Crippen MR) is 156 cm³/mol. The molecule has 0 N–H and O–H groups in total. The maximum atomic E-state index is 13.8. The van der Waals surface area contributed by atoms with Crippen LogP contribution in [0.5, 0.6) is 11.5 Å². The third kappa shape index (κ3) is 3.65. The van der Waals surface area contributed by atoms with Crippen molar-refractivity contribution in [3.05, 3.63) is 137 Å². The number of ether oxygens (including phenoxy) is 2. The number of alkyl halides is 3. The van der Waals surface area contributed by atoms with Gasteiger partial charge in [0, 0.05) is 27.5 Å². The summed E-state index contributed by atoms with van der Waals surface area (Å²) in [5, 5.41) is 1.88. The van der Waals surface area contributed by atoms with Crippen LogP contribution in [-0.2, 0) is 17.2 Å². The highest BCUT2D eigenvalue weighted by molar-refractivity contribution is 6.08. The van der Waals surface area contributed by atoms with Crippen LogP contribution >= 0.6 is 0 Å². The number of benzene rings is 5. The van der Waals surface area contributed by atoms with Crippen LogP contribution in [0.2, 0.25) is 0 Å². The van der Waals surface area contributed by atoms with Crippen molar-refractivity contribution in [2.24, 2.45) is 0 Å². The van der Waals surface area contributed by atoms with Gasteiger partial charge >= 0.3 is 6.18 Å². The molecule has 7 rings (SSSR count). The predicted octanol–water partition coefficient (Wildman–Crippen LogP) is 9.52. The van der Waals surface area contributed by atoms with Gasteiger partial charge in [-0.3, -0.25) is 0 Å². The molecule has 204 valence electrons. The highest BCUT2D eigenvalue weighted by atomic mass is 19.4. The summed E-state index contributed by atoms with van der Waals surface area (Å²) in [6.07, 6.45) is -0.251. The van der Waals surface area contributed by atoms with Crippen LogP contribution in [0.1, 0.15) is 47.2 Å². The lowest BCUT2D eigenvalue weighted by molar-refractivity contribution is -0.137. The molecule has 1 aliphatic carbocycles. The number of rotatable bonds is 3. The lowest BCUT2D eigenvalue weighted by Gasteiger charge is -2.38. The van der Waals surface area contributed by atoms with E-state index >= 15 is 0 Å². The van der Waals surface area contributed by atoms with Crippen LogP contribution in [0.3, 0.4) is 0 Å². The molecule has 0 amide bonds. The topological polar surface area (TPSA) is 18.5 Å². The zero-order valence-electron chi connectivity index (χ0n) is 22.8. The Labute approximate surface area is 236 Å². The van der Waals surface area contributed by atoms with Crippen molar-refractivity contribution in [2.45, 2.75) is 31.0 Å². The first-order valence-electron chi connectivity index (χ1n) is 13.5. The lowest BCUT2D eigenvalue weighted by Crippen LogP contribution is -2.35. The molecule has 1 unspecified atom stereocenters. The Morgan fingerprint density at radius 1 is 0.756 bits per heavy atom. The van der Waals surface area contributed by atoms with Crippen molar-refractivity contribution in [1.29, 1.82) is 0 Å². The van der Waals surface area contributed by atoms with Gasteiger partial charge in [-0.2, -0.15) is 13.2 Å². The molecular weight excluding hydrogens is 521 g/mol. The van der Waals surface area contributed by atoms with Crippen molar-refractivity contribution in [1.82, 2.24) is 0 Å². The second kappa shape index (κ2) is 8.74. The maximum absolute atomic E-state index is 13.8. The van der Waals surface area contributed by atoms with Crippen molar-refractivity contribution in [3.63, 3.8) is 0 Å². The molecule has 0 spiro atoms. The number of methoxy groups -OCH3 is 1. The summed E-state index contributed by atoms with van der Waals surface area (Å²) in [6.45, 7) is 4.01. The Hall–Kier alpha value is -4.51.